The molecule has 1 heterocycles. The van der Waals surface area contributed by atoms with E-state index < -0.39 is 0 Å². The Morgan fingerprint density at radius 2 is 2.11 bits per heavy atom. The second-order valence-corrected chi connectivity index (χ2v) is 5.12. The van der Waals surface area contributed by atoms with Crippen LogP contribution in [-0.4, -0.2) is 24.4 Å². The highest BCUT2D eigenvalue weighted by Crippen LogP contribution is 2.29. The molecule has 1 aromatic rings. The van der Waals surface area contributed by atoms with Gasteiger partial charge in [0.2, 0.25) is 5.91 Å². The van der Waals surface area contributed by atoms with Crippen molar-refractivity contribution in [2.24, 2.45) is 0 Å². The summed E-state index contributed by atoms with van der Waals surface area (Å²) >= 11 is 0. The third-order valence-corrected chi connectivity index (χ3v) is 3.27. The first-order valence-corrected chi connectivity index (χ1v) is 6.77. The van der Waals surface area contributed by atoms with Crippen molar-refractivity contribution in [1.82, 2.24) is 5.32 Å². The fraction of sp³-hybridized carbons (Fsp3) is 0.467. The lowest BCUT2D eigenvalue weighted by atomic mass is 10.1. The number of hydrogen-bond donors (Lipinski definition) is 1. The molecule has 0 aliphatic carbocycles. The van der Waals surface area contributed by atoms with Crippen LogP contribution < -0.4 is 10.2 Å². The molecule has 0 fully saturated rings. The molecule has 0 saturated heterocycles. The molecule has 2 amide bonds. The fourth-order valence-corrected chi connectivity index (χ4v) is 2.32. The summed E-state index contributed by atoms with van der Waals surface area (Å²) in [6.45, 7) is 6.43. The first-order chi connectivity index (χ1) is 9.02. The number of nitrogens with zero attached hydrogens (tertiary/aromatic N) is 1. The van der Waals surface area contributed by atoms with E-state index in [1.54, 1.807) is 4.90 Å². The van der Waals surface area contributed by atoms with Crippen molar-refractivity contribution in [2.75, 3.05) is 11.4 Å². The smallest absolute Gasteiger partial charge is 0.251 e. The first-order valence-electron chi connectivity index (χ1n) is 6.77. The lowest BCUT2D eigenvalue weighted by Crippen LogP contribution is -2.31. The number of carbonyl (C=O) groups excluding carboxylic acids is 2. The zero-order valence-corrected chi connectivity index (χ0v) is 11.7. The molecule has 0 saturated carbocycles. The molecule has 0 radical (unpaired) electrons. The van der Waals surface area contributed by atoms with Crippen molar-refractivity contribution in [3.8, 4) is 0 Å². The van der Waals surface area contributed by atoms with E-state index in [9.17, 15) is 9.59 Å². The van der Waals surface area contributed by atoms with Gasteiger partial charge < -0.3 is 10.2 Å². The van der Waals surface area contributed by atoms with Crippen molar-refractivity contribution in [3.63, 3.8) is 0 Å². The van der Waals surface area contributed by atoms with Gasteiger partial charge in [0.1, 0.15) is 0 Å². The Morgan fingerprint density at radius 1 is 1.37 bits per heavy atom. The monoisotopic (exact) mass is 260 g/mol. The summed E-state index contributed by atoms with van der Waals surface area (Å²) in [5, 5.41) is 2.87. The molecule has 0 aromatic heterocycles. The predicted molar refractivity (Wildman–Crippen MR) is 75.4 cm³/mol. The lowest BCUT2D eigenvalue weighted by Gasteiger charge is -2.17. The molecule has 1 aromatic carbocycles. The highest BCUT2D eigenvalue weighted by Gasteiger charge is 2.24. The van der Waals surface area contributed by atoms with E-state index >= 15 is 0 Å². The zero-order valence-electron chi connectivity index (χ0n) is 11.7. The summed E-state index contributed by atoms with van der Waals surface area (Å²) < 4.78 is 0. The second-order valence-electron chi connectivity index (χ2n) is 5.12. The number of carbonyl (C=O) groups is 2. The molecule has 19 heavy (non-hydrogen) atoms. The van der Waals surface area contributed by atoms with E-state index in [4.69, 9.17) is 0 Å². The van der Waals surface area contributed by atoms with Gasteiger partial charge in [-0.3, -0.25) is 9.59 Å². The number of nitrogens with one attached hydrogen (secondary N) is 1. The van der Waals surface area contributed by atoms with Gasteiger partial charge in [0.25, 0.3) is 5.91 Å². The number of amides is 2. The van der Waals surface area contributed by atoms with Crippen LogP contribution in [0.4, 0.5) is 5.69 Å². The summed E-state index contributed by atoms with van der Waals surface area (Å²) in [6.07, 6.45) is 1.36. The normalized spacial score (nSPS) is 13.6. The average molecular weight is 260 g/mol. The number of anilines is 1. The van der Waals surface area contributed by atoms with Gasteiger partial charge in [0, 0.05) is 30.3 Å². The van der Waals surface area contributed by atoms with Crippen LogP contribution in [0.2, 0.25) is 0 Å². The summed E-state index contributed by atoms with van der Waals surface area (Å²) in [7, 11) is 0. The molecule has 1 aliphatic rings. The van der Waals surface area contributed by atoms with Crippen molar-refractivity contribution in [2.45, 2.75) is 39.7 Å². The fourth-order valence-electron chi connectivity index (χ4n) is 2.32. The Bertz CT molecular complexity index is 509. The number of fused-ring (bicyclic) bond motifs is 1. The van der Waals surface area contributed by atoms with E-state index in [2.05, 4.69) is 5.32 Å². The maximum Gasteiger partial charge on any atom is 0.251 e. The van der Waals surface area contributed by atoms with Crippen LogP contribution in [0.1, 0.15) is 43.1 Å². The van der Waals surface area contributed by atoms with Crippen LogP contribution in [0.15, 0.2) is 18.2 Å². The lowest BCUT2D eigenvalue weighted by molar-refractivity contribution is -0.118. The molecule has 2 rings (SSSR count). The molecular formula is C15H20N2O2. The molecule has 4 nitrogen and oxygen atoms in total. The summed E-state index contributed by atoms with van der Waals surface area (Å²) in [5.41, 5.74) is 2.65. The third-order valence-electron chi connectivity index (χ3n) is 3.27. The second kappa shape index (κ2) is 5.43. The van der Waals surface area contributed by atoms with Gasteiger partial charge in [0.15, 0.2) is 0 Å². The van der Waals surface area contributed by atoms with Crippen LogP contribution >= 0.6 is 0 Å². The molecule has 0 atom stereocenters. The Morgan fingerprint density at radius 3 is 2.74 bits per heavy atom. The van der Waals surface area contributed by atoms with Crippen molar-refractivity contribution in [1.29, 1.82) is 0 Å². The topological polar surface area (TPSA) is 49.4 Å². The quantitative estimate of drug-likeness (QED) is 0.905. The number of hydrogen-bond acceptors (Lipinski definition) is 2. The number of rotatable bonds is 3. The minimum Gasteiger partial charge on any atom is -0.350 e. The van der Waals surface area contributed by atoms with Crippen LogP contribution in [0.3, 0.4) is 0 Å². The van der Waals surface area contributed by atoms with Crippen molar-refractivity contribution >= 4 is 17.5 Å². The highest BCUT2D eigenvalue weighted by molar-refractivity contribution is 5.99. The molecule has 0 spiro atoms. The molecular weight excluding hydrogens is 240 g/mol. The Kier molecular flexibility index (Phi) is 3.88. The predicted octanol–water partition coefficient (Wildman–Crippen LogP) is 2.12. The van der Waals surface area contributed by atoms with Gasteiger partial charge in [-0.2, -0.15) is 0 Å². The van der Waals surface area contributed by atoms with Gasteiger partial charge in [0.05, 0.1) is 0 Å². The van der Waals surface area contributed by atoms with E-state index in [1.807, 2.05) is 39.0 Å². The van der Waals surface area contributed by atoms with Gasteiger partial charge in [-0.05, 0) is 38.0 Å². The van der Waals surface area contributed by atoms with Crippen LogP contribution in [0.25, 0.3) is 0 Å². The SMILES string of the molecule is CCC(=O)N1CCc2ccc(C(=O)NC(C)C)cc21. The summed E-state index contributed by atoms with van der Waals surface area (Å²) in [4.78, 5) is 25.6. The van der Waals surface area contributed by atoms with Crippen LogP contribution in [0.5, 0.6) is 0 Å². The number of benzene rings is 1. The van der Waals surface area contributed by atoms with E-state index in [0.717, 1.165) is 24.2 Å². The molecule has 0 unspecified atom stereocenters. The minimum atomic E-state index is -0.0893. The highest BCUT2D eigenvalue weighted by atomic mass is 16.2. The van der Waals surface area contributed by atoms with Crippen molar-refractivity contribution < 1.29 is 9.59 Å². The van der Waals surface area contributed by atoms with Gasteiger partial charge in [-0.1, -0.05) is 13.0 Å². The maximum absolute atomic E-state index is 12.0. The van der Waals surface area contributed by atoms with Gasteiger partial charge >= 0.3 is 0 Å². The van der Waals surface area contributed by atoms with E-state index in [0.29, 0.717) is 12.0 Å². The molecule has 1 N–H and O–H groups in total. The Labute approximate surface area is 113 Å². The summed E-state index contributed by atoms with van der Waals surface area (Å²) in [6, 6.07) is 5.71. The Hall–Kier alpha value is -1.84. The summed E-state index contributed by atoms with van der Waals surface area (Å²) in [5.74, 6) is 0.0220. The molecule has 0 bridgehead atoms. The van der Waals surface area contributed by atoms with Gasteiger partial charge in [-0.25, -0.2) is 0 Å². The zero-order chi connectivity index (χ0) is 14.0. The maximum atomic E-state index is 12.0. The van der Waals surface area contributed by atoms with Crippen molar-refractivity contribution in [3.05, 3.63) is 29.3 Å². The first kappa shape index (κ1) is 13.6. The molecule has 102 valence electrons. The van der Waals surface area contributed by atoms with Crippen LogP contribution in [0, 0.1) is 0 Å². The minimum absolute atomic E-state index is 0.0893. The average Bonchev–Trinajstić information content (AvgIpc) is 2.79. The Balaban J connectivity index is 2.28. The van der Waals surface area contributed by atoms with Gasteiger partial charge in [-0.15, -0.1) is 0 Å². The third kappa shape index (κ3) is 2.78. The van der Waals surface area contributed by atoms with E-state index in [-0.39, 0.29) is 17.9 Å². The standard InChI is InChI=1S/C15H20N2O2/c1-4-14(18)17-8-7-11-5-6-12(9-13(11)17)15(19)16-10(2)3/h5-6,9-10H,4,7-8H2,1-3H3,(H,16,19). The van der Waals surface area contributed by atoms with Crippen LogP contribution in [-0.2, 0) is 11.2 Å². The van der Waals surface area contributed by atoms with E-state index in [1.165, 1.54) is 0 Å². The molecule has 4 heteroatoms. The molecule has 1 aliphatic heterocycles. The largest absolute Gasteiger partial charge is 0.350 e.